The Morgan fingerprint density at radius 1 is 1.18 bits per heavy atom. The molecule has 0 aromatic heterocycles. The van der Waals surface area contributed by atoms with Gasteiger partial charge in [0.05, 0.1) is 38.1 Å². The number of rotatable bonds is 10. The lowest BCUT2D eigenvalue weighted by Gasteiger charge is -2.32. The lowest BCUT2D eigenvalue weighted by molar-refractivity contribution is -0.249. The summed E-state index contributed by atoms with van der Waals surface area (Å²) in [6.45, 7) is 5.26. The molecule has 13 heteroatoms. The fourth-order valence-electron chi connectivity index (χ4n) is 3.58. The Morgan fingerprint density at radius 2 is 1.85 bits per heavy atom. The molecule has 4 aliphatic heterocycles. The molecule has 0 radical (unpaired) electrons. The number of hydrogen-bond acceptors (Lipinski definition) is 12. The number of nitrogens with one attached hydrogen (secondary N) is 1. The molecule has 4 aliphatic rings. The number of carbonyl (C=O) groups excluding carboxylic acids is 1. The Kier molecular flexibility index (Phi) is 8.95. The SMILES string of the molecule is C=C1NC(=O)C(C)=CN1[C@H]1CC(O)[C@@H](COC2OCC(CSSCC3COC(OC)O3)O2)O1. The molecule has 1 amide bonds. The molecule has 33 heavy (non-hydrogen) atoms. The largest absolute Gasteiger partial charge is 0.390 e. The maximum absolute atomic E-state index is 11.7. The lowest BCUT2D eigenvalue weighted by Crippen LogP contribution is -2.42. The van der Waals surface area contributed by atoms with Gasteiger partial charge in [0.1, 0.15) is 18.2 Å². The third-order valence-electron chi connectivity index (χ3n) is 5.40. The van der Waals surface area contributed by atoms with Crippen molar-refractivity contribution >= 4 is 27.5 Å². The molecule has 186 valence electrons. The molecular formula is C20H30N2O9S2. The van der Waals surface area contributed by atoms with Crippen LogP contribution in [0.15, 0.2) is 24.2 Å². The van der Waals surface area contributed by atoms with Crippen LogP contribution in [0.2, 0.25) is 0 Å². The first-order chi connectivity index (χ1) is 15.9. The molecule has 0 saturated carbocycles. The molecule has 0 aliphatic carbocycles. The molecule has 11 nitrogen and oxygen atoms in total. The van der Waals surface area contributed by atoms with E-state index in [-0.39, 0.29) is 24.7 Å². The van der Waals surface area contributed by atoms with Crippen molar-refractivity contribution in [3.63, 3.8) is 0 Å². The minimum absolute atomic E-state index is 0.0173. The van der Waals surface area contributed by atoms with Crippen LogP contribution in [-0.2, 0) is 38.0 Å². The minimum Gasteiger partial charge on any atom is -0.390 e. The van der Waals surface area contributed by atoms with Crippen LogP contribution < -0.4 is 5.32 Å². The molecular weight excluding hydrogens is 476 g/mol. The van der Waals surface area contributed by atoms with E-state index < -0.39 is 31.4 Å². The maximum atomic E-state index is 11.7. The quantitative estimate of drug-likeness (QED) is 0.321. The number of methoxy groups -OCH3 is 1. The second-order valence-corrected chi connectivity index (χ2v) is 10.5. The van der Waals surface area contributed by atoms with Gasteiger partial charge in [0, 0.05) is 36.8 Å². The van der Waals surface area contributed by atoms with Gasteiger partial charge in [-0.25, -0.2) is 0 Å². The van der Waals surface area contributed by atoms with Crippen LogP contribution in [0.25, 0.3) is 0 Å². The summed E-state index contributed by atoms with van der Waals surface area (Å²) in [7, 11) is 4.91. The number of carbonyl (C=O) groups is 1. The van der Waals surface area contributed by atoms with Gasteiger partial charge in [0.2, 0.25) is 0 Å². The topological polar surface area (TPSA) is 117 Å². The number of ether oxygens (including phenoxy) is 7. The molecule has 2 N–H and O–H groups in total. The Morgan fingerprint density at radius 3 is 2.52 bits per heavy atom. The van der Waals surface area contributed by atoms with Gasteiger partial charge in [-0.05, 0) is 6.92 Å². The van der Waals surface area contributed by atoms with Gasteiger partial charge in [-0.2, -0.15) is 0 Å². The summed E-state index contributed by atoms with van der Waals surface area (Å²) in [4.78, 5) is 13.4. The van der Waals surface area contributed by atoms with E-state index in [1.54, 1.807) is 46.7 Å². The van der Waals surface area contributed by atoms with Gasteiger partial charge in [-0.3, -0.25) is 4.79 Å². The van der Waals surface area contributed by atoms with E-state index in [0.717, 1.165) is 11.5 Å². The number of hydrogen-bond donors (Lipinski definition) is 2. The van der Waals surface area contributed by atoms with E-state index in [1.807, 2.05) is 0 Å². The van der Waals surface area contributed by atoms with E-state index in [1.165, 1.54) is 0 Å². The van der Waals surface area contributed by atoms with Crippen LogP contribution in [0, 0.1) is 0 Å². The van der Waals surface area contributed by atoms with Crippen molar-refractivity contribution in [1.29, 1.82) is 0 Å². The van der Waals surface area contributed by atoms with Crippen LogP contribution in [0.3, 0.4) is 0 Å². The van der Waals surface area contributed by atoms with Gasteiger partial charge in [-0.1, -0.05) is 28.2 Å². The Labute approximate surface area is 200 Å². The zero-order chi connectivity index (χ0) is 23.4. The smallest absolute Gasteiger partial charge is 0.272 e. The van der Waals surface area contributed by atoms with E-state index in [2.05, 4.69) is 11.9 Å². The second kappa shape index (κ2) is 11.7. The van der Waals surface area contributed by atoms with Crippen molar-refractivity contribution in [3.05, 3.63) is 24.2 Å². The Bertz CT molecular complexity index is 742. The number of aliphatic hydroxyl groups is 1. The predicted molar refractivity (Wildman–Crippen MR) is 119 cm³/mol. The van der Waals surface area contributed by atoms with Gasteiger partial charge in [-0.15, -0.1) is 0 Å². The highest BCUT2D eigenvalue weighted by Crippen LogP contribution is 2.30. The first-order valence-corrected chi connectivity index (χ1v) is 13.1. The van der Waals surface area contributed by atoms with Crippen LogP contribution in [-0.4, -0.2) is 97.9 Å². The normalized spacial score (nSPS) is 37.0. The fraction of sp³-hybridized carbons (Fsp3) is 0.750. The highest BCUT2D eigenvalue weighted by Gasteiger charge is 2.40. The molecule has 4 rings (SSSR count). The van der Waals surface area contributed by atoms with Crippen molar-refractivity contribution in [2.45, 2.75) is 56.9 Å². The molecule has 3 fully saturated rings. The van der Waals surface area contributed by atoms with Crippen molar-refractivity contribution < 1.29 is 43.1 Å². The average Bonchev–Trinajstić information content (AvgIpc) is 3.52. The third-order valence-corrected chi connectivity index (χ3v) is 7.90. The first kappa shape index (κ1) is 25.2. The fourth-order valence-corrected chi connectivity index (χ4v) is 5.92. The molecule has 5 unspecified atom stereocenters. The molecule has 0 aromatic rings. The molecule has 4 heterocycles. The van der Waals surface area contributed by atoms with E-state index in [4.69, 9.17) is 33.2 Å². The van der Waals surface area contributed by atoms with Crippen LogP contribution in [0.5, 0.6) is 0 Å². The minimum atomic E-state index is -0.796. The predicted octanol–water partition coefficient (Wildman–Crippen LogP) is 0.712. The summed E-state index contributed by atoms with van der Waals surface area (Å²) in [5.74, 6) is 1.75. The second-order valence-electron chi connectivity index (χ2n) is 7.95. The number of aliphatic hydroxyl groups excluding tert-OH is 1. The molecule has 3 saturated heterocycles. The maximum Gasteiger partial charge on any atom is 0.272 e. The Balaban J connectivity index is 1.12. The third kappa shape index (κ3) is 6.63. The number of amides is 1. The molecule has 0 bridgehead atoms. The van der Waals surface area contributed by atoms with Crippen molar-refractivity contribution in [2.75, 3.05) is 38.4 Å². The highest BCUT2D eigenvalue weighted by atomic mass is 33.1. The highest BCUT2D eigenvalue weighted by molar-refractivity contribution is 8.76. The molecule has 0 spiro atoms. The summed E-state index contributed by atoms with van der Waals surface area (Å²) in [5, 5.41) is 13.1. The van der Waals surface area contributed by atoms with Crippen molar-refractivity contribution in [1.82, 2.24) is 10.2 Å². The van der Waals surface area contributed by atoms with Gasteiger partial charge in [0.15, 0.2) is 0 Å². The zero-order valence-corrected chi connectivity index (χ0v) is 20.2. The Hall–Kier alpha value is -0.870. The van der Waals surface area contributed by atoms with Crippen LogP contribution >= 0.6 is 21.6 Å². The van der Waals surface area contributed by atoms with Gasteiger partial charge >= 0.3 is 0 Å². The number of nitrogens with zero attached hydrogens (tertiary/aromatic N) is 1. The summed E-state index contributed by atoms with van der Waals surface area (Å²) in [6.07, 6.45) is 0.243. The summed E-state index contributed by atoms with van der Waals surface area (Å²) in [5.41, 5.74) is 0.540. The molecule has 0 aromatic carbocycles. The first-order valence-electron chi connectivity index (χ1n) is 10.7. The van der Waals surface area contributed by atoms with Gasteiger partial charge in [0.25, 0.3) is 18.9 Å². The van der Waals surface area contributed by atoms with E-state index >= 15 is 0 Å². The monoisotopic (exact) mass is 506 g/mol. The van der Waals surface area contributed by atoms with E-state index in [0.29, 0.717) is 31.0 Å². The lowest BCUT2D eigenvalue weighted by atomic mass is 10.1. The van der Waals surface area contributed by atoms with Crippen molar-refractivity contribution in [2.24, 2.45) is 0 Å². The van der Waals surface area contributed by atoms with E-state index in [9.17, 15) is 9.90 Å². The van der Waals surface area contributed by atoms with Crippen LogP contribution in [0.1, 0.15) is 13.3 Å². The molecule has 7 atom stereocenters. The average molecular weight is 507 g/mol. The zero-order valence-electron chi connectivity index (χ0n) is 18.5. The van der Waals surface area contributed by atoms with Crippen LogP contribution in [0.4, 0.5) is 0 Å². The summed E-state index contributed by atoms with van der Waals surface area (Å²) >= 11 is 0. The standard InChI is InChI=1S/C20H30N2O9S2/c1-11-5-22(12(2)21-18(11)24)17-4-15(23)16(31-17)8-28-20-27-7-14(30-20)10-33-32-9-13-6-26-19(25-3)29-13/h5,13-17,19-20,23H,2,4,6-10H2,1,3H3,(H,21,24)/t13?,14?,15?,16-,17-,19?,20?/m1/s1. The summed E-state index contributed by atoms with van der Waals surface area (Å²) < 4.78 is 38.8. The van der Waals surface area contributed by atoms with Gasteiger partial charge < -0.3 is 48.5 Å². The summed E-state index contributed by atoms with van der Waals surface area (Å²) in [6, 6.07) is 0. The van der Waals surface area contributed by atoms with Crippen molar-refractivity contribution in [3.8, 4) is 0 Å².